The third-order valence-corrected chi connectivity index (χ3v) is 3.70. The zero-order valence-electron chi connectivity index (χ0n) is 12.8. The fourth-order valence-corrected chi connectivity index (χ4v) is 2.47. The molecule has 0 spiro atoms. The van der Waals surface area contributed by atoms with Crippen LogP contribution < -0.4 is 4.74 Å². The number of hydrogen-bond acceptors (Lipinski definition) is 4. The molecular weight excluding hydrogens is 266 g/mol. The first-order valence-electron chi connectivity index (χ1n) is 7.29. The maximum atomic E-state index is 8.78. The maximum absolute atomic E-state index is 8.78. The van der Waals surface area contributed by atoms with Gasteiger partial charge in [0.2, 0.25) is 0 Å². The molecule has 1 aromatic carbocycles. The summed E-state index contributed by atoms with van der Waals surface area (Å²) in [6, 6.07) is 6.44. The van der Waals surface area contributed by atoms with Crippen LogP contribution >= 0.6 is 0 Å². The maximum Gasteiger partial charge on any atom is 0.123 e. The van der Waals surface area contributed by atoms with Crippen molar-refractivity contribution in [3.05, 3.63) is 29.3 Å². The van der Waals surface area contributed by atoms with Crippen LogP contribution in [0.25, 0.3) is 0 Å². The van der Waals surface area contributed by atoms with Crippen LogP contribution in [0.4, 0.5) is 0 Å². The molecule has 1 saturated heterocycles. The molecule has 4 nitrogen and oxygen atoms in total. The first-order valence-corrected chi connectivity index (χ1v) is 7.29. The Morgan fingerprint density at radius 2 is 2.33 bits per heavy atom. The smallest absolute Gasteiger partial charge is 0.123 e. The molecule has 1 heterocycles. The largest absolute Gasteiger partial charge is 0.496 e. The Hall–Kier alpha value is -1.54. The number of rotatable bonds is 5. The van der Waals surface area contributed by atoms with Gasteiger partial charge in [-0.15, -0.1) is 0 Å². The van der Waals surface area contributed by atoms with Crippen LogP contribution in [-0.2, 0) is 11.3 Å². The van der Waals surface area contributed by atoms with Gasteiger partial charge >= 0.3 is 0 Å². The Labute approximate surface area is 126 Å². The Kier molecular flexibility index (Phi) is 6.06. The summed E-state index contributed by atoms with van der Waals surface area (Å²) in [5.41, 5.74) is 2.08. The van der Waals surface area contributed by atoms with E-state index in [0.717, 1.165) is 43.1 Å². The predicted molar refractivity (Wildman–Crippen MR) is 82.3 cm³/mol. The highest BCUT2D eigenvalue weighted by Crippen LogP contribution is 2.23. The van der Waals surface area contributed by atoms with Crippen molar-refractivity contribution in [2.75, 3.05) is 34.0 Å². The van der Waals surface area contributed by atoms with Crippen molar-refractivity contribution >= 4 is 0 Å². The number of likely N-dealkylation sites (N-methyl/N-ethyl adjacent to an activating group) is 1. The Morgan fingerprint density at radius 1 is 1.48 bits per heavy atom. The van der Waals surface area contributed by atoms with Gasteiger partial charge in [-0.1, -0.05) is 11.8 Å². The molecule has 1 atom stereocenters. The fraction of sp³-hybridized carbons (Fsp3) is 0.529. The SMILES string of the molecule is COc1ccc(C#CCCO)cc1CN(C)C1CCOC1. The quantitative estimate of drug-likeness (QED) is 0.837. The van der Waals surface area contributed by atoms with Crippen molar-refractivity contribution < 1.29 is 14.6 Å². The zero-order valence-corrected chi connectivity index (χ0v) is 12.8. The Morgan fingerprint density at radius 3 is 3.00 bits per heavy atom. The van der Waals surface area contributed by atoms with Crippen molar-refractivity contribution in [3.63, 3.8) is 0 Å². The highest BCUT2D eigenvalue weighted by molar-refractivity contribution is 5.44. The lowest BCUT2D eigenvalue weighted by molar-refractivity contribution is 0.156. The van der Waals surface area contributed by atoms with Crippen LogP contribution in [-0.4, -0.2) is 50.0 Å². The van der Waals surface area contributed by atoms with Crippen LogP contribution in [0.1, 0.15) is 24.0 Å². The monoisotopic (exact) mass is 289 g/mol. The average Bonchev–Trinajstić information content (AvgIpc) is 3.02. The van der Waals surface area contributed by atoms with Gasteiger partial charge in [-0.25, -0.2) is 0 Å². The second-order valence-electron chi connectivity index (χ2n) is 5.23. The standard InChI is InChI=1S/C17H23NO3/c1-18(16-8-10-21-13-16)12-15-11-14(5-3-4-9-19)6-7-17(15)20-2/h6-7,11,16,19H,4,8-10,12-13H2,1-2H3. The number of methoxy groups -OCH3 is 1. The molecule has 0 aliphatic carbocycles. The van der Waals surface area contributed by atoms with E-state index < -0.39 is 0 Å². The van der Waals surface area contributed by atoms with E-state index in [1.165, 1.54) is 0 Å². The molecule has 1 aliphatic heterocycles. The summed E-state index contributed by atoms with van der Waals surface area (Å²) in [5, 5.41) is 8.78. The second kappa shape index (κ2) is 8.04. The van der Waals surface area contributed by atoms with E-state index in [-0.39, 0.29) is 6.61 Å². The average molecular weight is 289 g/mol. The van der Waals surface area contributed by atoms with E-state index in [9.17, 15) is 0 Å². The van der Waals surface area contributed by atoms with Crippen molar-refractivity contribution in [1.82, 2.24) is 4.90 Å². The summed E-state index contributed by atoms with van der Waals surface area (Å²) in [7, 11) is 3.80. The molecular formula is C17H23NO3. The molecule has 1 fully saturated rings. The number of aliphatic hydroxyl groups is 1. The summed E-state index contributed by atoms with van der Waals surface area (Å²) in [6.07, 6.45) is 1.58. The van der Waals surface area contributed by atoms with Gasteiger partial charge in [0.25, 0.3) is 0 Å². The first-order chi connectivity index (χ1) is 10.2. The molecule has 4 heteroatoms. The normalized spacial score (nSPS) is 17.6. The summed E-state index contributed by atoms with van der Waals surface area (Å²) in [5.74, 6) is 6.90. The van der Waals surface area contributed by atoms with Crippen molar-refractivity contribution in [2.24, 2.45) is 0 Å². The molecule has 21 heavy (non-hydrogen) atoms. The summed E-state index contributed by atoms with van der Waals surface area (Å²) in [6.45, 7) is 2.56. The molecule has 0 aromatic heterocycles. The van der Waals surface area contributed by atoms with E-state index >= 15 is 0 Å². The number of ether oxygens (including phenoxy) is 2. The van der Waals surface area contributed by atoms with Gasteiger partial charge in [-0.3, -0.25) is 4.90 Å². The fourth-order valence-electron chi connectivity index (χ4n) is 2.47. The Bertz CT molecular complexity index is 513. The highest BCUT2D eigenvalue weighted by Gasteiger charge is 2.21. The molecule has 0 bridgehead atoms. The third-order valence-electron chi connectivity index (χ3n) is 3.70. The summed E-state index contributed by atoms with van der Waals surface area (Å²) >= 11 is 0. The lowest BCUT2D eigenvalue weighted by atomic mass is 10.1. The minimum Gasteiger partial charge on any atom is -0.496 e. The molecule has 1 unspecified atom stereocenters. The highest BCUT2D eigenvalue weighted by atomic mass is 16.5. The number of hydrogen-bond donors (Lipinski definition) is 1. The van der Waals surface area contributed by atoms with Crippen LogP contribution in [0, 0.1) is 11.8 Å². The lowest BCUT2D eigenvalue weighted by Crippen LogP contribution is -2.31. The van der Waals surface area contributed by atoms with Gasteiger partial charge in [0.05, 0.1) is 20.3 Å². The topological polar surface area (TPSA) is 41.9 Å². The van der Waals surface area contributed by atoms with Crippen LogP contribution in [0.5, 0.6) is 5.75 Å². The molecule has 1 N–H and O–H groups in total. The molecule has 2 rings (SSSR count). The summed E-state index contributed by atoms with van der Waals surface area (Å²) < 4.78 is 10.9. The van der Waals surface area contributed by atoms with Crippen LogP contribution in [0.15, 0.2) is 18.2 Å². The van der Waals surface area contributed by atoms with Gasteiger partial charge < -0.3 is 14.6 Å². The van der Waals surface area contributed by atoms with Gasteiger partial charge in [0, 0.05) is 36.7 Å². The van der Waals surface area contributed by atoms with E-state index in [0.29, 0.717) is 12.5 Å². The number of benzene rings is 1. The molecule has 0 saturated carbocycles. The third kappa shape index (κ3) is 4.47. The minimum atomic E-state index is 0.0976. The van der Waals surface area contributed by atoms with E-state index in [1.807, 2.05) is 12.1 Å². The molecule has 114 valence electrons. The van der Waals surface area contributed by atoms with Gasteiger partial charge in [0.1, 0.15) is 5.75 Å². The molecule has 0 amide bonds. The van der Waals surface area contributed by atoms with Crippen molar-refractivity contribution in [3.8, 4) is 17.6 Å². The van der Waals surface area contributed by atoms with Crippen molar-refractivity contribution in [1.29, 1.82) is 0 Å². The van der Waals surface area contributed by atoms with Crippen molar-refractivity contribution in [2.45, 2.75) is 25.4 Å². The van der Waals surface area contributed by atoms with Crippen LogP contribution in [0.3, 0.4) is 0 Å². The van der Waals surface area contributed by atoms with E-state index in [2.05, 4.69) is 29.9 Å². The molecule has 0 radical (unpaired) electrons. The van der Waals surface area contributed by atoms with E-state index in [1.54, 1.807) is 7.11 Å². The van der Waals surface area contributed by atoms with Gasteiger partial charge in [-0.2, -0.15) is 0 Å². The second-order valence-corrected chi connectivity index (χ2v) is 5.23. The molecule has 1 aliphatic rings. The Balaban J connectivity index is 2.11. The minimum absolute atomic E-state index is 0.0976. The van der Waals surface area contributed by atoms with Gasteiger partial charge in [0.15, 0.2) is 0 Å². The van der Waals surface area contributed by atoms with Gasteiger partial charge in [-0.05, 0) is 31.7 Å². The molecule has 1 aromatic rings. The van der Waals surface area contributed by atoms with E-state index in [4.69, 9.17) is 14.6 Å². The first kappa shape index (κ1) is 15.8. The number of nitrogens with zero attached hydrogens (tertiary/aromatic N) is 1. The number of aliphatic hydroxyl groups excluding tert-OH is 1. The van der Waals surface area contributed by atoms with Crippen LogP contribution in [0.2, 0.25) is 0 Å². The zero-order chi connectivity index (χ0) is 15.1. The summed E-state index contributed by atoms with van der Waals surface area (Å²) in [4.78, 5) is 2.30. The lowest BCUT2D eigenvalue weighted by Gasteiger charge is -2.23. The predicted octanol–water partition coefficient (Wildman–Crippen LogP) is 1.65.